The summed E-state index contributed by atoms with van der Waals surface area (Å²) in [5.41, 5.74) is 2.99. The summed E-state index contributed by atoms with van der Waals surface area (Å²) < 4.78 is 43.7. The van der Waals surface area contributed by atoms with Crippen LogP contribution in [0.5, 0.6) is 0 Å². The van der Waals surface area contributed by atoms with Gasteiger partial charge in [0.2, 0.25) is 5.78 Å². The number of anilines is 3. The normalized spacial score (nSPS) is 20.2. The molecule has 2 saturated heterocycles. The van der Waals surface area contributed by atoms with Gasteiger partial charge in [-0.25, -0.2) is 27.8 Å². The van der Waals surface area contributed by atoms with E-state index in [9.17, 15) is 22.8 Å². The molecule has 302 valence electrons. The topological polar surface area (TPSA) is 193 Å². The van der Waals surface area contributed by atoms with Crippen LogP contribution in [-0.4, -0.2) is 120 Å². The zero-order valence-electron chi connectivity index (χ0n) is 32.1. The van der Waals surface area contributed by atoms with Gasteiger partial charge in [-0.2, -0.15) is 14.3 Å². The molecule has 4 aromatic heterocycles. The predicted molar refractivity (Wildman–Crippen MR) is 211 cm³/mol. The third-order valence-electron chi connectivity index (χ3n) is 11.4. The zero-order chi connectivity index (χ0) is 40.3. The van der Waals surface area contributed by atoms with Crippen molar-refractivity contribution in [1.29, 1.82) is 0 Å². The molecule has 2 N–H and O–H groups in total. The standard InChI is InChI=1S/C39H43FN12O5S/c1-23(2)52-32-15-35(45-34-7-8-41-37(46-34)26-16-44-51(21-26)58(56,57)28-4-5-28)43-18-29(32)38(47-52)49-11-9-48(10-12-49)19-24-13-25-20-50(39(55)36(25)30(40)14-24)27-3-6-31(42-17-27)33(54)22-53/h7-8,13-16,18,21-23,27-28,31,42H,3-6,9-12,17,19-20H2,1-2H3,(H,41,43,45,46). The Balaban J connectivity index is 0.852. The molecular weight excluding hydrogens is 768 g/mol. The summed E-state index contributed by atoms with van der Waals surface area (Å²) in [6, 6.07) is 6.41. The first-order chi connectivity index (χ1) is 28.0. The molecule has 1 aromatic carbocycles. The molecule has 19 heteroatoms. The first-order valence-electron chi connectivity index (χ1n) is 19.6. The zero-order valence-corrected chi connectivity index (χ0v) is 32.9. The molecule has 0 spiro atoms. The van der Waals surface area contributed by atoms with E-state index in [-0.39, 0.29) is 28.8 Å². The molecule has 1 aliphatic carbocycles. The summed E-state index contributed by atoms with van der Waals surface area (Å²) in [6.07, 6.45) is 8.92. The van der Waals surface area contributed by atoms with E-state index in [1.807, 2.05) is 23.0 Å². The molecule has 0 bridgehead atoms. The first kappa shape index (κ1) is 37.9. The SMILES string of the molecule is CC(C)n1nc(N2CCN(Cc3cc(F)c4c(c3)CN(C3CCC(C(=O)C=O)NC3)C4=O)CC2)c2cnc(Nc3ccnc(-c4cnn(S(=O)(=O)C5CC5)c4)n3)cc21. The van der Waals surface area contributed by atoms with Gasteiger partial charge in [-0.3, -0.25) is 24.0 Å². The fraction of sp³-hybridized carbons (Fsp3) is 0.436. The maximum Gasteiger partial charge on any atom is 0.257 e. The Morgan fingerprint density at radius 2 is 1.86 bits per heavy atom. The van der Waals surface area contributed by atoms with Crippen molar-refractivity contribution in [3.8, 4) is 11.4 Å². The Morgan fingerprint density at radius 3 is 2.59 bits per heavy atom. The lowest BCUT2D eigenvalue weighted by Gasteiger charge is -2.35. The van der Waals surface area contributed by atoms with Crippen molar-refractivity contribution in [3.05, 3.63) is 71.6 Å². The molecule has 0 radical (unpaired) electrons. The number of hydrogen-bond acceptors (Lipinski definition) is 14. The van der Waals surface area contributed by atoms with Gasteiger partial charge < -0.3 is 20.4 Å². The maximum atomic E-state index is 15.5. The minimum Gasteiger partial charge on any atom is -0.352 e. The lowest BCUT2D eigenvalue weighted by molar-refractivity contribution is -0.131. The van der Waals surface area contributed by atoms with Crippen LogP contribution in [0, 0.1) is 5.82 Å². The minimum absolute atomic E-state index is 0.0670. The van der Waals surface area contributed by atoms with Gasteiger partial charge in [0.15, 0.2) is 17.9 Å². The third-order valence-corrected chi connectivity index (χ3v) is 13.4. The van der Waals surface area contributed by atoms with Crippen LogP contribution in [0.2, 0.25) is 0 Å². The van der Waals surface area contributed by atoms with Crippen molar-refractivity contribution in [1.82, 2.24) is 49.0 Å². The second kappa shape index (κ2) is 14.9. The fourth-order valence-electron chi connectivity index (χ4n) is 8.17. The van der Waals surface area contributed by atoms with Gasteiger partial charge in [-0.15, -0.1) is 0 Å². The maximum absolute atomic E-state index is 15.5. The van der Waals surface area contributed by atoms with E-state index in [1.165, 1.54) is 18.5 Å². The van der Waals surface area contributed by atoms with Gasteiger partial charge in [-0.1, -0.05) is 6.07 Å². The number of nitrogens with zero attached hydrogens (tertiary/aromatic N) is 10. The molecule has 2 atom stereocenters. The Labute approximate surface area is 333 Å². The summed E-state index contributed by atoms with van der Waals surface area (Å²) in [5.74, 6) is 0.872. The molecule has 7 heterocycles. The highest BCUT2D eigenvalue weighted by Crippen LogP contribution is 2.34. The van der Waals surface area contributed by atoms with E-state index in [0.29, 0.717) is 93.3 Å². The molecule has 58 heavy (non-hydrogen) atoms. The molecule has 1 amide bonds. The van der Waals surface area contributed by atoms with E-state index in [1.54, 1.807) is 17.2 Å². The number of rotatable bonds is 12. The Hall–Kier alpha value is -5.66. The highest BCUT2D eigenvalue weighted by Gasteiger charge is 2.39. The number of amides is 1. The Morgan fingerprint density at radius 1 is 1.05 bits per heavy atom. The fourth-order valence-corrected chi connectivity index (χ4v) is 9.65. The van der Waals surface area contributed by atoms with Crippen LogP contribution < -0.4 is 15.5 Å². The number of piperazine rings is 1. The number of benzene rings is 1. The van der Waals surface area contributed by atoms with Crippen molar-refractivity contribution >= 4 is 56.4 Å². The molecule has 17 nitrogen and oxygen atoms in total. The smallest absolute Gasteiger partial charge is 0.257 e. The number of aromatic nitrogens is 7. The summed E-state index contributed by atoms with van der Waals surface area (Å²) in [6.45, 7) is 8.22. The van der Waals surface area contributed by atoms with Crippen LogP contribution in [0.3, 0.4) is 0 Å². The Bertz CT molecular complexity index is 2540. The summed E-state index contributed by atoms with van der Waals surface area (Å²) in [4.78, 5) is 55.8. The third kappa shape index (κ3) is 7.10. The molecule has 1 saturated carbocycles. The number of halogens is 1. The monoisotopic (exact) mass is 810 g/mol. The first-order valence-corrected chi connectivity index (χ1v) is 21.1. The molecular formula is C39H43FN12O5S. The molecule has 4 aliphatic rings. The molecule has 5 aromatic rings. The molecule has 2 unspecified atom stereocenters. The van der Waals surface area contributed by atoms with E-state index in [0.717, 1.165) is 39.5 Å². The average Bonchev–Trinajstić information content (AvgIpc) is 3.70. The van der Waals surface area contributed by atoms with E-state index < -0.39 is 27.7 Å². The largest absolute Gasteiger partial charge is 0.352 e. The van der Waals surface area contributed by atoms with Gasteiger partial charge in [0.1, 0.15) is 17.5 Å². The second-order valence-corrected chi connectivity index (χ2v) is 17.8. The quantitative estimate of drug-likeness (QED) is 0.138. The van der Waals surface area contributed by atoms with Crippen molar-refractivity contribution in [3.63, 3.8) is 0 Å². The van der Waals surface area contributed by atoms with Crippen LogP contribution in [0.1, 0.15) is 67.1 Å². The highest BCUT2D eigenvalue weighted by molar-refractivity contribution is 7.90. The lowest BCUT2D eigenvalue weighted by Crippen LogP contribution is -2.52. The number of carbonyl (C=O) groups is 3. The van der Waals surface area contributed by atoms with Gasteiger partial charge in [-0.05, 0) is 62.8 Å². The number of ketones is 1. The van der Waals surface area contributed by atoms with Crippen LogP contribution in [0.25, 0.3) is 22.3 Å². The van der Waals surface area contributed by atoms with Crippen molar-refractivity contribution in [2.75, 3.05) is 42.9 Å². The average molecular weight is 811 g/mol. The van der Waals surface area contributed by atoms with Crippen LogP contribution >= 0.6 is 0 Å². The van der Waals surface area contributed by atoms with Gasteiger partial charge in [0.25, 0.3) is 15.9 Å². The Kier molecular flexibility index (Phi) is 9.76. The van der Waals surface area contributed by atoms with Crippen LogP contribution in [-0.2, 0) is 32.7 Å². The van der Waals surface area contributed by atoms with Gasteiger partial charge in [0, 0.05) is 76.4 Å². The van der Waals surface area contributed by atoms with Crippen LogP contribution in [0.15, 0.2) is 49.1 Å². The van der Waals surface area contributed by atoms with Gasteiger partial charge in [0.05, 0.1) is 45.7 Å². The number of pyridine rings is 1. The highest BCUT2D eigenvalue weighted by atomic mass is 32.2. The van der Waals surface area contributed by atoms with Gasteiger partial charge >= 0.3 is 0 Å². The summed E-state index contributed by atoms with van der Waals surface area (Å²) in [5, 5.41) is 16.0. The molecule has 9 rings (SSSR count). The van der Waals surface area contributed by atoms with Crippen molar-refractivity contribution in [2.24, 2.45) is 0 Å². The number of Topliss-reactive ketones (excluding diaryl/α,β-unsaturated/α-hetero) is 1. The molecule has 3 aliphatic heterocycles. The summed E-state index contributed by atoms with van der Waals surface area (Å²) >= 11 is 0. The number of piperidine rings is 1. The summed E-state index contributed by atoms with van der Waals surface area (Å²) in [7, 11) is -3.51. The lowest BCUT2D eigenvalue weighted by atomic mass is 9.97. The number of nitrogens with one attached hydrogen (secondary N) is 2. The predicted octanol–water partition coefficient (Wildman–Crippen LogP) is 3.06. The number of hydrogen-bond donors (Lipinski definition) is 2. The van der Waals surface area contributed by atoms with E-state index >= 15 is 4.39 Å². The second-order valence-electron chi connectivity index (χ2n) is 15.7. The van der Waals surface area contributed by atoms with Crippen molar-refractivity contribution < 1.29 is 27.2 Å². The number of fused-ring (bicyclic) bond motifs is 2. The van der Waals surface area contributed by atoms with Crippen LogP contribution in [0.4, 0.5) is 21.8 Å². The minimum atomic E-state index is -3.51. The number of aldehydes is 1. The van der Waals surface area contributed by atoms with Crippen molar-refractivity contribution in [2.45, 2.75) is 76.0 Å². The molecule has 3 fully saturated rings. The van der Waals surface area contributed by atoms with E-state index in [4.69, 9.17) is 10.1 Å². The number of carbonyl (C=O) groups excluding carboxylic acids is 3. The van der Waals surface area contributed by atoms with E-state index in [2.05, 4.69) is 49.3 Å².